The fourth-order valence-corrected chi connectivity index (χ4v) is 1.30. The summed E-state index contributed by atoms with van der Waals surface area (Å²) in [7, 11) is 0. The molecule has 1 aliphatic heterocycles. The van der Waals surface area contributed by atoms with E-state index in [2.05, 4.69) is 5.32 Å². The zero-order valence-corrected chi connectivity index (χ0v) is 7.46. The molecular formula is C8H13NO3. The minimum absolute atomic E-state index is 0.0312. The topological polar surface area (TPSA) is 55.4 Å². The summed E-state index contributed by atoms with van der Waals surface area (Å²) < 4.78 is 4.86. The molecule has 0 spiro atoms. The molecule has 2 unspecified atom stereocenters. The van der Waals surface area contributed by atoms with Gasteiger partial charge in [-0.25, -0.2) is 0 Å². The van der Waals surface area contributed by atoms with Gasteiger partial charge in [-0.3, -0.25) is 9.59 Å². The lowest BCUT2D eigenvalue weighted by atomic mass is 9.87. The van der Waals surface area contributed by atoms with Gasteiger partial charge in [0.1, 0.15) is 0 Å². The van der Waals surface area contributed by atoms with E-state index in [0.717, 1.165) is 0 Å². The van der Waals surface area contributed by atoms with Gasteiger partial charge >= 0.3 is 5.97 Å². The minimum atomic E-state index is -0.407. The number of ether oxygens (including phenoxy) is 1. The number of carbonyl (C=O) groups is 2. The summed E-state index contributed by atoms with van der Waals surface area (Å²) in [6.07, 6.45) is -0.407. The predicted octanol–water partition coefficient (Wildman–Crippen LogP) is 0.278. The maximum absolute atomic E-state index is 11.0. The standard InChI is InChI=1S/C8H13NO3/c1-4(2)6-7(11)9-8(6)12-5(3)10/h4,6,8H,1-3H3,(H,9,11). The van der Waals surface area contributed by atoms with Crippen molar-refractivity contribution in [3.05, 3.63) is 0 Å². The Morgan fingerprint density at radius 1 is 1.58 bits per heavy atom. The van der Waals surface area contributed by atoms with Gasteiger partial charge in [-0.05, 0) is 5.92 Å². The largest absolute Gasteiger partial charge is 0.441 e. The molecular weight excluding hydrogens is 158 g/mol. The third kappa shape index (κ3) is 1.57. The second kappa shape index (κ2) is 3.13. The van der Waals surface area contributed by atoms with E-state index in [4.69, 9.17) is 4.74 Å². The van der Waals surface area contributed by atoms with Crippen LogP contribution in [0.15, 0.2) is 0 Å². The Morgan fingerprint density at radius 2 is 2.17 bits per heavy atom. The van der Waals surface area contributed by atoms with Crippen LogP contribution in [0, 0.1) is 11.8 Å². The van der Waals surface area contributed by atoms with E-state index >= 15 is 0 Å². The van der Waals surface area contributed by atoms with Gasteiger partial charge in [0.2, 0.25) is 5.91 Å². The molecule has 0 saturated carbocycles. The molecule has 4 nitrogen and oxygen atoms in total. The van der Waals surface area contributed by atoms with Crippen LogP contribution in [0.4, 0.5) is 0 Å². The van der Waals surface area contributed by atoms with Crippen LogP contribution in [0.25, 0.3) is 0 Å². The summed E-state index contributed by atoms with van der Waals surface area (Å²) in [5.74, 6) is -0.348. The van der Waals surface area contributed by atoms with Crippen LogP contribution in [0.5, 0.6) is 0 Å². The van der Waals surface area contributed by atoms with Gasteiger partial charge in [-0.1, -0.05) is 13.8 Å². The van der Waals surface area contributed by atoms with Crippen molar-refractivity contribution in [2.45, 2.75) is 27.0 Å². The third-order valence-electron chi connectivity index (χ3n) is 1.92. The first-order chi connectivity index (χ1) is 5.52. The SMILES string of the molecule is CC(=O)OC1NC(=O)C1C(C)C. The molecule has 0 aromatic rings. The zero-order chi connectivity index (χ0) is 9.30. The summed E-state index contributed by atoms with van der Waals surface area (Å²) in [6.45, 7) is 5.20. The highest BCUT2D eigenvalue weighted by molar-refractivity contribution is 5.86. The Labute approximate surface area is 71.3 Å². The van der Waals surface area contributed by atoms with Crippen LogP contribution in [0.3, 0.4) is 0 Å². The van der Waals surface area contributed by atoms with Crippen LogP contribution < -0.4 is 5.32 Å². The number of amides is 1. The molecule has 68 valence electrons. The Bertz CT molecular complexity index is 212. The summed E-state index contributed by atoms with van der Waals surface area (Å²) in [4.78, 5) is 21.5. The summed E-state index contributed by atoms with van der Waals surface area (Å²) in [5.41, 5.74) is 0. The Kier molecular flexibility index (Phi) is 2.35. The van der Waals surface area contributed by atoms with Gasteiger partial charge in [0.25, 0.3) is 0 Å². The number of hydrogen-bond acceptors (Lipinski definition) is 3. The zero-order valence-electron chi connectivity index (χ0n) is 7.46. The van der Waals surface area contributed by atoms with E-state index in [0.29, 0.717) is 0 Å². The fraction of sp³-hybridized carbons (Fsp3) is 0.750. The van der Waals surface area contributed by atoms with E-state index in [1.807, 2.05) is 13.8 Å². The summed E-state index contributed by atoms with van der Waals surface area (Å²) in [5, 5.41) is 2.52. The number of hydrogen-bond donors (Lipinski definition) is 1. The molecule has 2 atom stereocenters. The normalized spacial score (nSPS) is 27.8. The van der Waals surface area contributed by atoms with Crippen molar-refractivity contribution in [1.82, 2.24) is 5.32 Å². The summed E-state index contributed by atoms with van der Waals surface area (Å²) in [6, 6.07) is 0. The second-order valence-corrected chi connectivity index (χ2v) is 3.31. The molecule has 1 rings (SSSR count). The smallest absolute Gasteiger partial charge is 0.304 e. The summed E-state index contributed by atoms with van der Waals surface area (Å²) >= 11 is 0. The molecule has 0 aromatic heterocycles. The number of esters is 1. The van der Waals surface area contributed by atoms with Crippen molar-refractivity contribution in [1.29, 1.82) is 0 Å². The number of β-lactam (4-membered cyclic amide) rings is 1. The highest BCUT2D eigenvalue weighted by atomic mass is 16.6. The molecule has 0 bridgehead atoms. The Balaban J connectivity index is 2.48. The first kappa shape index (κ1) is 9.03. The van der Waals surface area contributed by atoms with Crippen molar-refractivity contribution in [3.8, 4) is 0 Å². The van der Waals surface area contributed by atoms with Crippen molar-refractivity contribution in [2.75, 3.05) is 0 Å². The first-order valence-electron chi connectivity index (χ1n) is 4.00. The minimum Gasteiger partial charge on any atom is -0.441 e. The molecule has 12 heavy (non-hydrogen) atoms. The van der Waals surface area contributed by atoms with Crippen molar-refractivity contribution in [3.63, 3.8) is 0 Å². The van der Waals surface area contributed by atoms with Crippen LogP contribution in [-0.2, 0) is 14.3 Å². The van der Waals surface area contributed by atoms with Crippen LogP contribution >= 0.6 is 0 Å². The lowest BCUT2D eigenvalue weighted by Gasteiger charge is -2.37. The molecule has 1 aliphatic rings. The van der Waals surface area contributed by atoms with E-state index in [-0.39, 0.29) is 23.7 Å². The monoisotopic (exact) mass is 171 g/mol. The molecule has 1 amide bonds. The molecule has 1 fully saturated rings. The third-order valence-corrected chi connectivity index (χ3v) is 1.92. The molecule has 0 aliphatic carbocycles. The molecule has 1 N–H and O–H groups in total. The van der Waals surface area contributed by atoms with Gasteiger partial charge in [0.05, 0.1) is 5.92 Å². The Hall–Kier alpha value is -1.06. The van der Waals surface area contributed by atoms with Crippen LogP contribution in [0.2, 0.25) is 0 Å². The number of carbonyl (C=O) groups excluding carboxylic acids is 2. The maximum atomic E-state index is 11.0. The molecule has 1 heterocycles. The van der Waals surface area contributed by atoms with E-state index in [1.165, 1.54) is 6.92 Å². The number of nitrogens with one attached hydrogen (secondary N) is 1. The average Bonchev–Trinajstić information content (AvgIpc) is 1.82. The Morgan fingerprint density at radius 3 is 2.50 bits per heavy atom. The van der Waals surface area contributed by atoms with E-state index in [1.54, 1.807) is 0 Å². The highest BCUT2D eigenvalue weighted by Gasteiger charge is 2.43. The van der Waals surface area contributed by atoms with Gasteiger partial charge in [-0.15, -0.1) is 0 Å². The van der Waals surface area contributed by atoms with Gasteiger partial charge < -0.3 is 10.1 Å². The molecule has 0 radical (unpaired) electrons. The predicted molar refractivity (Wildman–Crippen MR) is 42.0 cm³/mol. The van der Waals surface area contributed by atoms with Crippen molar-refractivity contribution >= 4 is 11.9 Å². The van der Waals surface area contributed by atoms with Crippen molar-refractivity contribution < 1.29 is 14.3 Å². The molecule has 4 heteroatoms. The molecule has 0 aromatic carbocycles. The fourth-order valence-electron chi connectivity index (χ4n) is 1.30. The highest BCUT2D eigenvalue weighted by Crippen LogP contribution is 2.24. The van der Waals surface area contributed by atoms with E-state index in [9.17, 15) is 9.59 Å². The van der Waals surface area contributed by atoms with Crippen LogP contribution in [0.1, 0.15) is 20.8 Å². The van der Waals surface area contributed by atoms with Crippen LogP contribution in [-0.4, -0.2) is 18.1 Å². The lowest BCUT2D eigenvalue weighted by molar-refractivity contribution is -0.170. The van der Waals surface area contributed by atoms with Crippen molar-refractivity contribution in [2.24, 2.45) is 11.8 Å². The van der Waals surface area contributed by atoms with Gasteiger partial charge in [0, 0.05) is 6.92 Å². The average molecular weight is 171 g/mol. The van der Waals surface area contributed by atoms with Gasteiger partial charge in [0.15, 0.2) is 6.23 Å². The second-order valence-electron chi connectivity index (χ2n) is 3.31. The maximum Gasteiger partial charge on any atom is 0.304 e. The number of rotatable bonds is 2. The van der Waals surface area contributed by atoms with E-state index < -0.39 is 6.23 Å². The van der Waals surface area contributed by atoms with Gasteiger partial charge in [-0.2, -0.15) is 0 Å². The molecule has 1 saturated heterocycles. The first-order valence-corrected chi connectivity index (χ1v) is 4.00. The lowest BCUT2D eigenvalue weighted by Crippen LogP contribution is -2.61. The quantitative estimate of drug-likeness (QED) is 0.479.